The molecule has 0 radical (unpaired) electrons. The number of hydrogen-bond donors (Lipinski definition) is 1. The minimum atomic E-state index is -1.30. The Bertz CT molecular complexity index is 447. The Kier molecular flexibility index (Phi) is 2.46. The van der Waals surface area contributed by atoms with E-state index < -0.39 is 17.8 Å². The number of amides is 1. The van der Waals surface area contributed by atoms with Gasteiger partial charge in [-0.15, -0.1) is 0 Å². The van der Waals surface area contributed by atoms with Crippen molar-refractivity contribution in [2.75, 3.05) is 0 Å². The second-order valence-electron chi connectivity index (χ2n) is 4.23. The molecule has 0 spiro atoms. The lowest BCUT2D eigenvalue weighted by Gasteiger charge is -2.24. The molecular formula is C11H11NO4. The number of carbonyl (C=O) groups excluding carboxylic acids is 2. The summed E-state index contributed by atoms with van der Waals surface area (Å²) in [5, 5.41) is 8.79. The molecular weight excluding hydrogens is 210 g/mol. The van der Waals surface area contributed by atoms with E-state index in [0.717, 1.165) is 0 Å². The van der Waals surface area contributed by atoms with Crippen LogP contribution in [0, 0.1) is 11.8 Å². The van der Waals surface area contributed by atoms with Crippen LogP contribution in [0.1, 0.15) is 19.8 Å². The zero-order valence-electron chi connectivity index (χ0n) is 8.77. The van der Waals surface area contributed by atoms with Crippen molar-refractivity contribution in [2.45, 2.75) is 19.8 Å². The van der Waals surface area contributed by atoms with Crippen molar-refractivity contribution in [3.05, 3.63) is 11.6 Å². The molecule has 0 aromatic carbocycles. The summed E-state index contributed by atoms with van der Waals surface area (Å²) in [7, 11) is 0. The van der Waals surface area contributed by atoms with Gasteiger partial charge in [0.25, 0.3) is 5.91 Å². The molecule has 1 heterocycles. The molecule has 2 unspecified atom stereocenters. The summed E-state index contributed by atoms with van der Waals surface area (Å²) < 4.78 is 0. The third-order valence-electron chi connectivity index (χ3n) is 2.80. The number of Topliss-reactive ketones (excluding diaryl/α,β-unsaturated/α-hetero) is 1. The smallest absolute Gasteiger partial charge is 0.320 e. The number of rotatable bonds is 1. The van der Waals surface area contributed by atoms with Crippen molar-refractivity contribution in [3.8, 4) is 0 Å². The zero-order chi connectivity index (χ0) is 11.9. The van der Waals surface area contributed by atoms with Crippen molar-refractivity contribution < 1.29 is 19.5 Å². The van der Waals surface area contributed by atoms with Crippen molar-refractivity contribution in [3.63, 3.8) is 0 Å². The number of allylic oxidation sites excluding steroid dienone is 1. The van der Waals surface area contributed by atoms with Crippen LogP contribution in [-0.2, 0) is 14.4 Å². The first-order valence-corrected chi connectivity index (χ1v) is 5.08. The number of carboxylic acids is 1. The second-order valence-corrected chi connectivity index (χ2v) is 4.23. The highest BCUT2D eigenvalue weighted by Gasteiger charge is 2.35. The molecule has 0 aromatic rings. The van der Waals surface area contributed by atoms with Gasteiger partial charge in [-0.05, 0) is 18.4 Å². The molecule has 1 aliphatic carbocycles. The highest BCUT2D eigenvalue weighted by atomic mass is 16.4. The van der Waals surface area contributed by atoms with Crippen molar-refractivity contribution in [2.24, 2.45) is 16.8 Å². The molecule has 1 N–H and O–H groups in total. The first-order valence-electron chi connectivity index (χ1n) is 5.08. The maximum absolute atomic E-state index is 11.7. The molecule has 1 aliphatic heterocycles. The van der Waals surface area contributed by atoms with Gasteiger partial charge in [0.1, 0.15) is 0 Å². The summed E-state index contributed by atoms with van der Waals surface area (Å²) in [5.41, 5.74) is 0.774. The third kappa shape index (κ3) is 1.68. The number of ketones is 1. The van der Waals surface area contributed by atoms with Gasteiger partial charge in [-0.1, -0.05) is 6.92 Å². The molecule has 1 saturated carbocycles. The van der Waals surface area contributed by atoms with Gasteiger partial charge < -0.3 is 5.11 Å². The number of carbonyl (C=O) groups is 3. The van der Waals surface area contributed by atoms with Crippen LogP contribution in [-0.4, -0.2) is 28.5 Å². The van der Waals surface area contributed by atoms with Gasteiger partial charge in [0.2, 0.25) is 0 Å². The van der Waals surface area contributed by atoms with Crippen molar-refractivity contribution in [1.29, 1.82) is 0 Å². The van der Waals surface area contributed by atoms with E-state index in [-0.39, 0.29) is 11.7 Å². The summed E-state index contributed by atoms with van der Waals surface area (Å²) in [4.78, 5) is 37.5. The molecule has 2 rings (SSSR count). The maximum atomic E-state index is 11.7. The lowest BCUT2D eigenvalue weighted by molar-refractivity contribution is -0.143. The Morgan fingerprint density at radius 2 is 2.12 bits per heavy atom. The summed E-state index contributed by atoms with van der Waals surface area (Å²) in [6.45, 7) is 1.91. The van der Waals surface area contributed by atoms with E-state index >= 15 is 0 Å². The first kappa shape index (κ1) is 10.7. The van der Waals surface area contributed by atoms with Crippen LogP contribution < -0.4 is 0 Å². The predicted octanol–water partition coefficient (Wildman–Crippen LogP) is 0.594. The van der Waals surface area contributed by atoms with Crippen LogP contribution in [0.15, 0.2) is 16.6 Å². The fraction of sp³-hybridized carbons (Fsp3) is 0.455. The van der Waals surface area contributed by atoms with E-state index in [9.17, 15) is 14.4 Å². The van der Waals surface area contributed by atoms with Gasteiger partial charge in [0.15, 0.2) is 11.7 Å². The molecule has 2 atom stereocenters. The Hall–Kier alpha value is -1.78. The molecule has 1 fully saturated rings. The average molecular weight is 221 g/mol. The summed E-state index contributed by atoms with van der Waals surface area (Å²) in [6.07, 6.45) is 2.20. The number of fused-ring (bicyclic) bond motifs is 1. The number of aliphatic carboxylic acids is 1. The van der Waals surface area contributed by atoms with Gasteiger partial charge in [-0.2, -0.15) is 0 Å². The summed E-state index contributed by atoms with van der Waals surface area (Å²) >= 11 is 0. The van der Waals surface area contributed by atoms with Gasteiger partial charge in [0.05, 0.1) is 5.71 Å². The third-order valence-corrected chi connectivity index (χ3v) is 2.80. The standard InChI is InChI=1S/C11H11NO4/c1-5-2-8-6(9(13)3-5)4-7(11(15)16)10(14)12-8/h4-5,7H,2-3H2,1H3,(H,15,16). The number of aliphatic imine (C=N–C) groups is 1. The molecule has 2 aliphatic rings. The quantitative estimate of drug-likeness (QED) is 0.657. The molecule has 1 amide bonds. The molecule has 0 aromatic heterocycles. The van der Waals surface area contributed by atoms with Crippen LogP contribution in [0.25, 0.3) is 0 Å². The van der Waals surface area contributed by atoms with Crippen LogP contribution in [0.5, 0.6) is 0 Å². The summed E-state index contributed by atoms with van der Waals surface area (Å²) in [5.74, 6) is -3.19. The SMILES string of the molecule is CC1CC(=O)C2=CC(C(=O)O)C(=O)N=C2C1. The molecule has 16 heavy (non-hydrogen) atoms. The number of hydrogen-bond acceptors (Lipinski definition) is 3. The van der Waals surface area contributed by atoms with Crippen LogP contribution in [0.4, 0.5) is 0 Å². The van der Waals surface area contributed by atoms with Crippen LogP contribution >= 0.6 is 0 Å². The zero-order valence-corrected chi connectivity index (χ0v) is 8.77. The van der Waals surface area contributed by atoms with E-state index in [1.807, 2.05) is 6.92 Å². The van der Waals surface area contributed by atoms with E-state index in [0.29, 0.717) is 24.1 Å². The lowest BCUT2D eigenvalue weighted by Crippen LogP contribution is -2.33. The van der Waals surface area contributed by atoms with Gasteiger partial charge in [0, 0.05) is 12.0 Å². The maximum Gasteiger partial charge on any atom is 0.320 e. The first-order chi connectivity index (χ1) is 7.49. The monoisotopic (exact) mass is 221 g/mol. The molecule has 0 bridgehead atoms. The van der Waals surface area contributed by atoms with Crippen LogP contribution in [0.2, 0.25) is 0 Å². The van der Waals surface area contributed by atoms with Gasteiger partial charge in [-0.25, -0.2) is 4.99 Å². The molecule has 5 heteroatoms. The Morgan fingerprint density at radius 3 is 2.75 bits per heavy atom. The van der Waals surface area contributed by atoms with E-state index in [1.54, 1.807) is 0 Å². The second kappa shape index (κ2) is 3.66. The molecule has 0 saturated heterocycles. The number of dihydropyridines is 1. The van der Waals surface area contributed by atoms with Gasteiger partial charge in [-0.3, -0.25) is 14.4 Å². The summed E-state index contributed by atoms with van der Waals surface area (Å²) in [6, 6.07) is 0. The van der Waals surface area contributed by atoms with E-state index in [2.05, 4.69) is 4.99 Å². The van der Waals surface area contributed by atoms with E-state index in [1.165, 1.54) is 6.08 Å². The minimum absolute atomic E-state index is 0.115. The largest absolute Gasteiger partial charge is 0.480 e. The van der Waals surface area contributed by atoms with Crippen molar-refractivity contribution in [1.82, 2.24) is 0 Å². The molecule has 5 nitrogen and oxygen atoms in total. The van der Waals surface area contributed by atoms with Crippen LogP contribution in [0.3, 0.4) is 0 Å². The lowest BCUT2D eigenvalue weighted by atomic mass is 9.81. The van der Waals surface area contributed by atoms with E-state index in [4.69, 9.17) is 5.11 Å². The average Bonchev–Trinajstić information content (AvgIpc) is 2.15. The minimum Gasteiger partial charge on any atom is -0.480 e. The Balaban J connectivity index is 2.39. The fourth-order valence-electron chi connectivity index (χ4n) is 2.01. The predicted molar refractivity (Wildman–Crippen MR) is 55.1 cm³/mol. The highest BCUT2D eigenvalue weighted by Crippen LogP contribution is 2.27. The topological polar surface area (TPSA) is 83.8 Å². The molecule has 84 valence electrons. The Morgan fingerprint density at radius 1 is 1.44 bits per heavy atom. The van der Waals surface area contributed by atoms with Crippen molar-refractivity contribution >= 4 is 23.4 Å². The Labute approximate surface area is 91.9 Å². The number of nitrogens with zero attached hydrogens (tertiary/aromatic N) is 1. The fourth-order valence-corrected chi connectivity index (χ4v) is 2.01. The number of carboxylic acid groups (broad SMARTS) is 1. The van der Waals surface area contributed by atoms with Gasteiger partial charge >= 0.3 is 5.97 Å². The normalized spacial score (nSPS) is 29.3. The highest BCUT2D eigenvalue weighted by molar-refractivity contribution is 6.28.